The second-order valence-corrected chi connectivity index (χ2v) is 6.87. The van der Waals surface area contributed by atoms with Crippen LogP contribution < -0.4 is 10.2 Å². The Morgan fingerprint density at radius 1 is 1.42 bits per heavy atom. The predicted molar refractivity (Wildman–Crippen MR) is 100 cm³/mol. The van der Waals surface area contributed by atoms with Crippen LogP contribution in [0.4, 0.5) is 10.1 Å². The maximum Gasteiger partial charge on any atom is 0.141 e. The van der Waals surface area contributed by atoms with E-state index in [0.29, 0.717) is 29.7 Å². The molecule has 4 rings (SSSR count). The lowest BCUT2D eigenvalue weighted by molar-refractivity contribution is 0.443. The fourth-order valence-corrected chi connectivity index (χ4v) is 3.85. The molecule has 1 atom stereocenters. The molecule has 8 heteroatoms. The molecule has 1 aliphatic heterocycles. The number of nitrogens with one attached hydrogen (secondary N) is 2. The molecule has 3 aromatic heterocycles. The topological polar surface area (TPSA) is 80.6 Å². The Labute approximate surface area is 155 Å². The van der Waals surface area contributed by atoms with Gasteiger partial charge in [0.25, 0.3) is 0 Å². The van der Waals surface area contributed by atoms with E-state index in [1.165, 1.54) is 0 Å². The fourth-order valence-electron chi connectivity index (χ4n) is 3.59. The first kappa shape index (κ1) is 17.0. The Morgan fingerprint density at radius 2 is 2.31 bits per heavy atom. The molecule has 0 aromatic carbocycles. The van der Waals surface area contributed by atoms with Crippen LogP contribution in [-0.4, -0.2) is 47.3 Å². The molecule has 0 spiro atoms. The molecule has 26 heavy (non-hydrogen) atoms. The third-order valence-electron chi connectivity index (χ3n) is 4.80. The Kier molecular flexibility index (Phi) is 4.62. The lowest BCUT2D eigenvalue weighted by Gasteiger charge is -2.21. The van der Waals surface area contributed by atoms with Crippen molar-refractivity contribution in [3.05, 3.63) is 29.2 Å². The van der Waals surface area contributed by atoms with Gasteiger partial charge < -0.3 is 15.2 Å². The third-order valence-corrected chi connectivity index (χ3v) is 5.07. The van der Waals surface area contributed by atoms with Crippen molar-refractivity contribution in [1.82, 2.24) is 20.3 Å². The van der Waals surface area contributed by atoms with Gasteiger partial charge >= 0.3 is 0 Å². The molecule has 1 aliphatic rings. The average Bonchev–Trinajstić information content (AvgIpc) is 3.26. The number of aromatic nitrogens is 3. The molecule has 1 fully saturated rings. The van der Waals surface area contributed by atoms with Gasteiger partial charge in [0.05, 0.1) is 40.7 Å². The van der Waals surface area contributed by atoms with Crippen LogP contribution in [0.25, 0.3) is 21.9 Å². The van der Waals surface area contributed by atoms with E-state index in [1.54, 1.807) is 18.5 Å². The minimum atomic E-state index is -0.301. The van der Waals surface area contributed by atoms with Gasteiger partial charge in [-0.25, -0.2) is 9.97 Å². The van der Waals surface area contributed by atoms with Crippen molar-refractivity contribution in [3.8, 4) is 6.07 Å². The lowest BCUT2D eigenvalue weighted by atomic mass is 10.1. The van der Waals surface area contributed by atoms with Crippen LogP contribution >= 0.6 is 11.6 Å². The maximum atomic E-state index is 12.3. The zero-order valence-corrected chi connectivity index (χ0v) is 14.9. The van der Waals surface area contributed by atoms with Crippen LogP contribution in [0.2, 0.25) is 5.02 Å². The predicted octanol–water partition coefficient (Wildman–Crippen LogP) is 3.16. The summed E-state index contributed by atoms with van der Waals surface area (Å²) in [5.74, 6) is 0. The van der Waals surface area contributed by atoms with Gasteiger partial charge in [0.15, 0.2) is 0 Å². The second kappa shape index (κ2) is 7.06. The number of nitriles is 1. The van der Waals surface area contributed by atoms with Gasteiger partial charge in [0, 0.05) is 24.5 Å². The van der Waals surface area contributed by atoms with Crippen LogP contribution in [0.5, 0.6) is 0 Å². The van der Waals surface area contributed by atoms with Crippen molar-refractivity contribution in [3.63, 3.8) is 0 Å². The summed E-state index contributed by atoms with van der Waals surface area (Å²) in [6, 6.07) is 4.15. The molecule has 1 saturated heterocycles. The van der Waals surface area contributed by atoms with E-state index in [-0.39, 0.29) is 6.67 Å². The number of fused-ring (bicyclic) bond motifs is 3. The summed E-state index contributed by atoms with van der Waals surface area (Å²) in [6.07, 6.45) is 4.80. The summed E-state index contributed by atoms with van der Waals surface area (Å²) in [4.78, 5) is 14.0. The van der Waals surface area contributed by atoms with E-state index < -0.39 is 0 Å². The van der Waals surface area contributed by atoms with E-state index >= 15 is 0 Å². The quantitative estimate of drug-likeness (QED) is 0.672. The van der Waals surface area contributed by atoms with Crippen LogP contribution in [0.1, 0.15) is 18.5 Å². The molecule has 0 bridgehead atoms. The maximum absolute atomic E-state index is 12.3. The highest BCUT2D eigenvalue weighted by atomic mass is 35.5. The molecule has 0 aliphatic carbocycles. The normalized spacial score (nSPS) is 17.3. The number of H-pyrrole nitrogens is 1. The van der Waals surface area contributed by atoms with Gasteiger partial charge in [-0.2, -0.15) is 5.26 Å². The number of anilines is 1. The van der Waals surface area contributed by atoms with E-state index in [0.717, 1.165) is 47.1 Å². The monoisotopic (exact) mass is 372 g/mol. The molecule has 134 valence electrons. The SMILES string of the molecule is N#Cc1cc2c(cn1)[nH]c1ncc(Cl)c(N3CC[C@H](NCCCF)C3)c12. The summed E-state index contributed by atoms with van der Waals surface area (Å²) in [5, 5.41) is 15.0. The van der Waals surface area contributed by atoms with Crippen LogP contribution in [-0.2, 0) is 0 Å². The first-order chi connectivity index (χ1) is 12.7. The van der Waals surface area contributed by atoms with Crippen molar-refractivity contribution < 1.29 is 4.39 Å². The highest BCUT2D eigenvalue weighted by Gasteiger charge is 2.26. The molecule has 0 unspecified atom stereocenters. The number of rotatable bonds is 5. The van der Waals surface area contributed by atoms with Crippen LogP contribution in [0.15, 0.2) is 18.5 Å². The van der Waals surface area contributed by atoms with Crippen molar-refractivity contribution >= 4 is 39.2 Å². The second-order valence-electron chi connectivity index (χ2n) is 6.46. The zero-order valence-electron chi connectivity index (χ0n) is 14.1. The zero-order chi connectivity index (χ0) is 18.1. The smallest absolute Gasteiger partial charge is 0.141 e. The fraction of sp³-hybridized carbons (Fsp3) is 0.389. The number of aromatic amines is 1. The van der Waals surface area contributed by atoms with E-state index in [2.05, 4.69) is 31.2 Å². The van der Waals surface area contributed by atoms with Gasteiger partial charge in [0.1, 0.15) is 17.4 Å². The van der Waals surface area contributed by atoms with Crippen LogP contribution in [0, 0.1) is 11.3 Å². The van der Waals surface area contributed by atoms with Crippen molar-refractivity contribution in [2.75, 3.05) is 31.2 Å². The first-order valence-electron chi connectivity index (χ1n) is 8.61. The summed E-state index contributed by atoms with van der Waals surface area (Å²) in [7, 11) is 0. The molecule has 2 N–H and O–H groups in total. The average molecular weight is 373 g/mol. The highest BCUT2D eigenvalue weighted by Crippen LogP contribution is 2.39. The summed E-state index contributed by atoms with van der Waals surface area (Å²) < 4.78 is 12.3. The molecule has 0 amide bonds. The molecule has 0 saturated carbocycles. The van der Waals surface area contributed by atoms with E-state index in [4.69, 9.17) is 16.9 Å². The summed E-state index contributed by atoms with van der Waals surface area (Å²) in [6.45, 7) is 2.03. The number of hydrogen-bond acceptors (Lipinski definition) is 5. The number of halogens is 2. The molecule has 6 nitrogen and oxygen atoms in total. The van der Waals surface area contributed by atoms with Gasteiger partial charge in [0.2, 0.25) is 0 Å². The van der Waals surface area contributed by atoms with Crippen molar-refractivity contribution in [2.45, 2.75) is 18.9 Å². The number of hydrogen-bond donors (Lipinski definition) is 2. The minimum Gasteiger partial charge on any atom is -0.368 e. The molecule has 4 heterocycles. The van der Waals surface area contributed by atoms with E-state index in [9.17, 15) is 4.39 Å². The Morgan fingerprint density at radius 3 is 3.12 bits per heavy atom. The van der Waals surface area contributed by atoms with Crippen LogP contribution in [0.3, 0.4) is 0 Å². The van der Waals surface area contributed by atoms with Gasteiger partial charge in [-0.05, 0) is 25.5 Å². The first-order valence-corrected chi connectivity index (χ1v) is 8.99. The van der Waals surface area contributed by atoms with Crippen molar-refractivity contribution in [2.24, 2.45) is 0 Å². The largest absolute Gasteiger partial charge is 0.368 e. The van der Waals surface area contributed by atoms with E-state index in [1.807, 2.05) is 0 Å². The van der Waals surface area contributed by atoms with Gasteiger partial charge in [-0.3, -0.25) is 4.39 Å². The molecule has 3 aromatic rings. The Bertz CT molecular complexity index is 995. The summed E-state index contributed by atoms with van der Waals surface area (Å²) >= 11 is 6.52. The van der Waals surface area contributed by atoms with Gasteiger partial charge in [-0.15, -0.1) is 0 Å². The number of alkyl halides is 1. The summed E-state index contributed by atoms with van der Waals surface area (Å²) in [5.41, 5.74) is 2.83. The Balaban J connectivity index is 1.75. The lowest BCUT2D eigenvalue weighted by Crippen LogP contribution is -2.33. The standard InChI is InChI=1S/C18H18ClFN6/c19-14-8-24-18-16(13-6-12(7-21)23-9-15(13)25-18)17(14)26-5-2-11(10-26)22-4-1-3-20/h6,8-9,11,22H,1-5,10H2,(H,24,25)/t11-/m0/s1. The van der Waals surface area contributed by atoms with Crippen molar-refractivity contribution in [1.29, 1.82) is 5.26 Å². The van der Waals surface area contributed by atoms with Gasteiger partial charge in [-0.1, -0.05) is 11.6 Å². The highest BCUT2D eigenvalue weighted by molar-refractivity contribution is 6.35. The third kappa shape index (κ3) is 2.96. The molecular formula is C18H18ClFN6. The minimum absolute atomic E-state index is 0.301. The molecule has 0 radical (unpaired) electrons. The Hall–Kier alpha value is -2.43. The number of nitrogens with zero attached hydrogens (tertiary/aromatic N) is 4. The molecular weight excluding hydrogens is 355 g/mol. The number of pyridine rings is 2.